The fourth-order valence-electron chi connectivity index (χ4n) is 3.40. The Kier molecular flexibility index (Phi) is 8.08. The van der Waals surface area contributed by atoms with Crippen LogP contribution in [0.5, 0.6) is 17.2 Å². The van der Waals surface area contributed by atoms with Crippen molar-refractivity contribution in [2.24, 2.45) is 0 Å². The molecule has 0 fully saturated rings. The van der Waals surface area contributed by atoms with Crippen molar-refractivity contribution in [1.29, 1.82) is 0 Å². The van der Waals surface area contributed by atoms with E-state index in [1.54, 1.807) is 42.5 Å². The number of carbonyl (C=O) groups is 2. The van der Waals surface area contributed by atoms with E-state index in [1.165, 1.54) is 28.4 Å². The van der Waals surface area contributed by atoms with E-state index in [1.807, 2.05) is 18.2 Å². The van der Waals surface area contributed by atoms with Gasteiger partial charge in [0, 0.05) is 22.7 Å². The molecule has 0 saturated heterocycles. The van der Waals surface area contributed by atoms with Gasteiger partial charge in [-0.2, -0.15) is 0 Å². The molecule has 0 aliphatic carbocycles. The third-order valence-corrected chi connectivity index (χ3v) is 5.48. The maximum Gasteiger partial charge on any atom is 0.258 e. The van der Waals surface area contributed by atoms with Gasteiger partial charge in [-0.1, -0.05) is 46.3 Å². The summed E-state index contributed by atoms with van der Waals surface area (Å²) in [6.07, 6.45) is -0.834. The molecule has 172 valence electrons. The Balaban J connectivity index is 1.99. The smallest absolute Gasteiger partial charge is 0.258 e. The second-order valence-corrected chi connectivity index (χ2v) is 7.86. The zero-order chi connectivity index (χ0) is 24.0. The highest BCUT2D eigenvalue weighted by Gasteiger charge is 2.24. The van der Waals surface area contributed by atoms with Gasteiger partial charge in [-0.25, -0.2) is 0 Å². The van der Waals surface area contributed by atoms with Crippen molar-refractivity contribution < 1.29 is 28.5 Å². The van der Waals surface area contributed by atoms with E-state index >= 15 is 0 Å². The van der Waals surface area contributed by atoms with Crippen molar-refractivity contribution in [2.75, 3.05) is 33.8 Å². The van der Waals surface area contributed by atoms with E-state index in [0.29, 0.717) is 38.5 Å². The van der Waals surface area contributed by atoms with Gasteiger partial charge in [-0.05, 0) is 35.9 Å². The molecule has 1 atom stereocenters. The summed E-state index contributed by atoms with van der Waals surface area (Å²) >= 11 is 3.40. The van der Waals surface area contributed by atoms with Gasteiger partial charge < -0.3 is 24.3 Å². The molecule has 0 spiro atoms. The number of benzene rings is 3. The van der Waals surface area contributed by atoms with Crippen LogP contribution in [0.1, 0.15) is 27.6 Å². The Morgan fingerprint density at radius 2 is 1.48 bits per heavy atom. The van der Waals surface area contributed by atoms with Crippen LogP contribution in [0.4, 0.5) is 5.69 Å². The second kappa shape index (κ2) is 11.0. The van der Waals surface area contributed by atoms with E-state index in [-0.39, 0.29) is 11.3 Å². The molecule has 3 rings (SSSR count). The molecule has 0 bridgehead atoms. The van der Waals surface area contributed by atoms with Gasteiger partial charge in [0.05, 0.1) is 27.0 Å². The molecule has 7 nitrogen and oxygen atoms in total. The normalized spacial score (nSPS) is 11.4. The summed E-state index contributed by atoms with van der Waals surface area (Å²) in [5, 5.41) is 2.82. The van der Waals surface area contributed by atoms with Gasteiger partial charge in [-0.3, -0.25) is 9.59 Å². The molecule has 3 aromatic carbocycles. The molecule has 0 heterocycles. The largest absolute Gasteiger partial charge is 0.493 e. The molecule has 0 radical (unpaired) electrons. The number of ketones is 1. The Labute approximate surface area is 200 Å². The number of nitrogens with one attached hydrogen (secondary N) is 1. The van der Waals surface area contributed by atoms with Crippen molar-refractivity contribution in [2.45, 2.75) is 6.10 Å². The van der Waals surface area contributed by atoms with Crippen molar-refractivity contribution in [3.05, 3.63) is 81.8 Å². The van der Waals surface area contributed by atoms with Crippen LogP contribution in [0.15, 0.2) is 65.1 Å². The standard InChI is InChI=1S/C25H24BrNO6/c1-30-20-12-16(13-21(31-2)24(20)33-4)22(28)18-14-17(26)10-11-19(18)27-25(29)23(32-3)15-8-6-5-7-9-15/h5-14,23H,1-4H3,(H,27,29)/t23-/m1/s1. The van der Waals surface area contributed by atoms with Crippen LogP contribution in [0.3, 0.4) is 0 Å². The molecular formula is C25H24BrNO6. The van der Waals surface area contributed by atoms with Crippen LogP contribution < -0.4 is 19.5 Å². The minimum absolute atomic E-state index is 0.287. The molecule has 8 heteroatoms. The number of hydrogen-bond donors (Lipinski definition) is 1. The molecule has 1 amide bonds. The third-order valence-electron chi connectivity index (χ3n) is 4.99. The summed E-state index contributed by atoms with van der Waals surface area (Å²) in [5.74, 6) is 0.350. The predicted octanol–water partition coefficient (Wildman–Crippen LogP) is 5.03. The van der Waals surface area contributed by atoms with Crippen LogP contribution in [0, 0.1) is 0 Å². The highest BCUT2D eigenvalue weighted by atomic mass is 79.9. The second-order valence-electron chi connectivity index (χ2n) is 6.95. The first-order valence-electron chi connectivity index (χ1n) is 9.96. The topological polar surface area (TPSA) is 83.1 Å². The lowest BCUT2D eigenvalue weighted by atomic mass is 10.00. The van der Waals surface area contributed by atoms with Gasteiger partial charge in [0.25, 0.3) is 5.91 Å². The zero-order valence-corrected chi connectivity index (χ0v) is 20.3. The Hall–Kier alpha value is -3.36. The summed E-state index contributed by atoms with van der Waals surface area (Å²) in [5.41, 5.74) is 1.64. The van der Waals surface area contributed by atoms with E-state index in [9.17, 15) is 9.59 Å². The maximum atomic E-state index is 13.5. The van der Waals surface area contributed by atoms with Gasteiger partial charge in [-0.15, -0.1) is 0 Å². The average Bonchev–Trinajstić information content (AvgIpc) is 2.84. The van der Waals surface area contributed by atoms with E-state index in [0.717, 1.165) is 0 Å². The van der Waals surface area contributed by atoms with E-state index < -0.39 is 12.0 Å². The van der Waals surface area contributed by atoms with Crippen LogP contribution in [0.2, 0.25) is 0 Å². The monoisotopic (exact) mass is 513 g/mol. The molecule has 0 aliphatic heterocycles. The number of halogens is 1. The summed E-state index contributed by atoms with van der Waals surface area (Å²) in [6.45, 7) is 0. The lowest BCUT2D eigenvalue weighted by Gasteiger charge is -2.18. The average molecular weight is 514 g/mol. The SMILES string of the molecule is COc1cc(C(=O)c2cc(Br)ccc2NC(=O)[C@H](OC)c2ccccc2)cc(OC)c1OC. The van der Waals surface area contributed by atoms with Gasteiger partial charge in [0.2, 0.25) is 5.75 Å². The van der Waals surface area contributed by atoms with Crippen molar-refractivity contribution in [1.82, 2.24) is 0 Å². The third kappa shape index (κ3) is 5.35. The summed E-state index contributed by atoms with van der Waals surface area (Å²) < 4.78 is 22.2. The number of amides is 1. The molecular weight excluding hydrogens is 490 g/mol. The number of hydrogen-bond acceptors (Lipinski definition) is 6. The van der Waals surface area contributed by atoms with Crippen LogP contribution >= 0.6 is 15.9 Å². The highest BCUT2D eigenvalue weighted by molar-refractivity contribution is 9.10. The summed E-state index contributed by atoms with van der Waals surface area (Å²) in [6, 6.07) is 17.3. The Morgan fingerprint density at radius 1 is 0.848 bits per heavy atom. The van der Waals surface area contributed by atoms with E-state index in [4.69, 9.17) is 18.9 Å². The molecule has 33 heavy (non-hydrogen) atoms. The van der Waals surface area contributed by atoms with Crippen LogP contribution in [0.25, 0.3) is 0 Å². The maximum absolute atomic E-state index is 13.5. The number of anilines is 1. The lowest BCUT2D eigenvalue weighted by Crippen LogP contribution is -2.23. The van der Waals surface area contributed by atoms with Gasteiger partial charge >= 0.3 is 0 Å². The molecule has 0 aromatic heterocycles. The summed E-state index contributed by atoms with van der Waals surface area (Å²) in [7, 11) is 5.90. The van der Waals surface area contributed by atoms with Crippen molar-refractivity contribution in [3.63, 3.8) is 0 Å². The number of ether oxygens (including phenoxy) is 4. The molecule has 1 N–H and O–H groups in total. The van der Waals surface area contributed by atoms with Gasteiger partial charge in [0.1, 0.15) is 0 Å². The van der Waals surface area contributed by atoms with Crippen molar-refractivity contribution in [3.8, 4) is 17.2 Å². The van der Waals surface area contributed by atoms with Crippen LogP contribution in [-0.4, -0.2) is 40.1 Å². The van der Waals surface area contributed by atoms with Crippen molar-refractivity contribution >= 4 is 33.3 Å². The number of methoxy groups -OCH3 is 4. The first-order valence-corrected chi connectivity index (χ1v) is 10.8. The number of rotatable bonds is 9. The fraction of sp³-hybridized carbons (Fsp3) is 0.200. The Morgan fingerprint density at radius 3 is 2.03 bits per heavy atom. The number of carbonyl (C=O) groups excluding carboxylic acids is 2. The van der Waals surface area contributed by atoms with Gasteiger partial charge in [0.15, 0.2) is 23.4 Å². The molecule has 3 aromatic rings. The van der Waals surface area contributed by atoms with Crippen LogP contribution in [-0.2, 0) is 9.53 Å². The molecule has 0 saturated carbocycles. The summed E-state index contributed by atoms with van der Waals surface area (Å²) in [4.78, 5) is 26.5. The minimum Gasteiger partial charge on any atom is -0.493 e. The quantitative estimate of drug-likeness (QED) is 0.404. The first kappa shape index (κ1) is 24.3. The minimum atomic E-state index is -0.834. The predicted molar refractivity (Wildman–Crippen MR) is 128 cm³/mol. The zero-order valence-electron chi connectivity index (χ0n) is 18.7. The molecule has 0 aliphatic rings. The Bertz CT molecular complexity index is 1120. The fourth-order valence-corrected chi connectivity index (χ4v) is 3.76. The first-order chi connectivity index (χ1) is 15.9. The highest BCUT2D eigenvalue weighted by Crippen LogP contribution is 2.39. The van der Waals surface area contributed by atoms with E-state index in [2.05, 4.69) is 21.2 Å². The lowest BCUT2D eigenvalue weighted by molar-refractivity contribution is -0.126. The molecule has 0 unspecified atom stereocenters.